The highest BCUT2D eigenvalue weighted by molar-refractivity contribution is 5.41. The summed E-state index contributed by atoms with van der Waals surface area (Å²) in [6, 6.07) is 5.50. The van der Waals surface area contributed by atoms with Crippen LogP contribution in [0.25, 0.3) is 6.08 Å². The number of aliphatic hydroxyl groups excluding tert-OH is 1. The molecule has 46 valence electrons. The van der Waals surface area contributed by atoms with E-state index in [1.54, 1.807) is 6.20 Å². The quantitative estimate of drug-likeness (QED) is 0.572. The fraction of sp³-hybridized carbons (Fsp3) is 0. The summed E-state index contributed by atoms with van der Waals surface area (Å²) in [6.07, 6.45) is 4.18. The molecule has 0 radical (unpaired) electrons. The first kappa shape index (κ1) is 5.82. The fourth-order valence-electron chi connectivity index (χ4n) is 0.551. The van der Waals surface area contributed by atoms with Gasteiger partial charge in [0.2, 0.25) is 0 Å². The largest absolute Gasteiger partial charge is 0.516 e. The highest BCUT2D eigenvalue weighted by Crippen LogP contribution is 1.93. The minimum absolute atomic E-state index is 0.764. The zero-order valence-corrected chi connectivity index (χ0v) is 4.86. The summed E-state index contributed by atoms with van der Waals surface area (Å²) < 4.78 is 0. The summed E-state index contributed by atoms with van der Waals surface area (Å²) in [5, 5.41) is 8.30. The second-order valence-corrected chi connectivity index (χ2v) is 1.57. The minimum atomic E-state index is 0.764. The van der Waals surface area contributed by atoms with Gasteiger partial charge in [-0.1, -0.05) is 6.07 Å². The van der Waals surface area contributed by atoms with Crippen molar-refractivity contribution in [2.24, 2.45) is 0 Å². The first-order chi connectivity index (χ1) is 4.43. The van der Waals surface area contributed by atoms with E-state index in [4.69, 9.17) is 5.11 Å². The Balaban J connectivity index is 2.85. The molecule has 1 aromatic heterocycles. The molecule has 1 aromatic rings. The van der Waals surface area contributed by atoms with Crippen molar-refractivity contribution >= 4 is 6.08 Å². The van der Waals surface area contributed by atoms with Crippen LogP contribution in [0.3, 0.4) is 0 Å². The van der Waals surface area contributed by atoms with Crippen LogP contribution in [0.1, 0.15) is 5.69 Å². The zero-order chi connectivity index (χ0) is 6.53. The smallest absolute Gasteiger partial charge is 0.0813 e. The van der Waals surface area contributed by atoms with Gasteiger partial charge in [0.1, 0.15) is 0 Å². The molecule has 0 saturated carbocycles. The van der Waals surface area contributed by atoms with E-state index in [9.17, 15) is 0 Å². The SMILES string of the molecule is O/C=C\c1ccccn1. The van der Waals surface area contributed by atoms with Crippen LogP contribution in [0, 0.1) is 0 Å². The van der Waals surface area contributed by atoms with Gasteiger partial charge in [0.25, 0.3) is 0 Å². The Bertz CT molecular complexity index is 193. The van der Waals surface area contributed by atoms with Crippen molar-refractivity contribution in [2.45, 2.75) is 0 Å². The van der Waals surface area contributed by atoms with E-state index in [1.165, 1.54) is 6.08 Å². The third-order valence-electron chi connectivity index (χ3n) is 0.933. The summed E-state index contributed by atoms with van der Waals surface area (Å²) in [5.74, 6) is 0. The van der Waals surface area contributed by atoms with Gasteiger partial charge < -0.3 is 5.11 Å². The lowest BCUT2D eigenvalue weighted by Gasteiger charge is -1.85. The molecule has 0 aliphatic rings. The third-order valence-corrected chi connectivity index (χ3v) is 0.933. The van der Waals surface area contributed by atoms with Crippen LogP contribution in [0.5, 0.6) is 0 Å². The summed E-state index contributed by atoms with van der Waals surface area (Å²) >= 11 is 0. The summed E-state index contributed by atoms with van der Waals surface area (Å²) in [7, 11) is 0. The molecule has 0 aromatic carbocycles. The van der Waals surface area contributed by atoms with Crippen LogP contribution in [0.2, 0.25) is 0 Å². The fourth-order valence-corrected chi connectivity index (χ4v) is 0.551. The first-order valence-corrected chi connectivity index (χ1v) is 2.65. The van der Waals surface area contributed by atoms with Crippen molar-refractivity contribution in [2.75, 3.05) is 0 Å². The van der Waals surface area contributed by atoms with Crippen LogP contribution in [0.4, 0.5) is 0 Å². The van der Waals surface area contributed by atoms with Gasteiger partial charge in [-0.25, -0.2) is 0 Å². The Hall–Kier alpha value is -1.31. The van der Waals surface area contributed by atoms with Crippen molar-refractivity contribution in [1.82, 2.24) is 4.98 Å². The van der Waals surface area contributed by atoms with E-state index in [-0.39, 0.29) is 0 Å². The summed E-state index contributed by atoms with van der Waals surface area (Å²) in [6.45, 7) is 0. The van der Waals surface area contributed by atoms with E-state index in [0.717, 1.165) is 12.0 Å². The Labute approximate surface area is 53.5 Å². The number of aliphatic hydroxyl groups is 1. The van der Waals surface area contributed by atoms with Crippen molar-refractivity contribution in [1.29, 1.82) is 0 Å². The number of nitrogens with zero attached hydrogens (tertiary/aromatic N) is 1. The van der Waals surface area contributed by atoms with Gasteiger partial charge in [-0.15, -0.1) is 0 Å². The van der Waals surface area contributed by atoms with Crippen LogP contribution in [-0.2, 0) is 0 Å². The predicted octanol–water partition coefficient (Wildman–Crippen LogP) is 1.61. The number of hydrogen-bond donors (Lipinski definition) is 1. The van der Waals surface area contributed by atoms with Crippen molar-refractivity contribution in [3.63, 3.8) is 0 Å². The molecular formula is C7H7NO. The van der Waals surface area contributed by atoms with E-state index >= 15 is 0 Å². The van der Waals surface area contributed by atoms with E-state index in [1.807, 2.05) is 18.2 Å². The molecule has 1 heterocycles. The van der Waals surface area contributed by atoms with Gasteiger partial charge in [0.15, 0.2) is 0 Å². The van der Waals surface area contributed by atoms with Crippen LogP contribution >= 0.6 is 0 Å². The normalized spacial score (nSPS) is 10.2. The monoisotopic (exact) mass is 121 g/mol. The topological polar surface area (TPSA) is 33.1 Å². The van der Waals surface area contributed by atoms with Gasteiger partial charge in [0.05, 0.1) is 12.0 Å². The Kier molecular flexibility index (Phi) is 1.85. The molecule has 0 aliphatic carbocycles. The molecule has 1 rings (SSSR count). The summed E-state index contributed by atoms with van der Waals surface area (Å²) in [4.78, 5) is 3.92. The van der Waals surface area contributed by atoms with Gasteiger partial charge in [-0.2, -0.15) is 0 Å². The molecule has 0 amide bonds. The van der Waals surface area contributed by atoms with Crippen molar-refractivity contribution in [3.8, 4) is 0 Å². The maximum absolute atomic E-state index is 8.30. The van der Waals surface area contributed by atoms with Gasteiger partial charge in [0, 0.05) is 6.20 Å². The average Bonchev–Trinajstić information content (AvgIpc) is 1.91. The maximum Gasteiger partial charge on any atom is 0.0813 e. The van der Waals surface area contributed by atoms with Crippen LogP contribution < -0.4 is 0 Å². The minimum Gasteiger partial charge on any atom is -0.516 e. The lowest BCUT2D eigenvalue weighted by atomic mass is 10.3. The molecule has 0 bridgehead atoms. The highest BCUT2D eigenvalue weighted by atomic mass is 16.2. The number of rotatable bonds is 1. The van der Waals surface area contributed by atoms with E-state index in [0.29, 0.717) is 0 Å². The van der Waals surface area contributed by atoms with Crippen molar-refractivity contribution in [3.05, 3.63) is 36.4 Å². The first-order valence-electron chi connectivity index (χ1n) is 2.65. The molecule has 0 fully saturated rings. The van der Waals surface area contributed by atoms with E-state index < -0.39 is 0 Å². The second-order valence-electron chi connectivity index (χ2n) is 1.57. The van der Waals surface area contributed by atoms with Crippen molar-refractivity contribution < 1.29 is 5.11 Å². The average molecular weight is 121 g/mol. The van der Waals surface area contributed by atoms with Gasteiger partial charge in [-0.05, 0) is 18.2 Å². The molecule has 1 N–H and O–H groups in total. The molecular weight excluding hydrogens is 114 g/mol. The Morgan fingerprint density at radius 1 is 1.44 bits per heavy atom. The lowest BCUT2D eigenvalue weighted by Crippen LogP contribution is -1.74. The zero-order valence-electron chi connectivity index (χ0n) is 4.86. The number of pyridine rings is 1. The molecule has 0 aliphatic heterocycles. The molecule has 0 unspecified atom stereocenters. The molecule has 0 saturated heterocycles. The molecule has 9 heavy (non-hydrogen) atoms. The summed E-state index contributed by atoms with van der Waals surface area (Å²) in [5.41, 5.74) is 0.764. The number of hydrogen-bond acceptors (Lipinski definition) is 2. The number of aromatic nitrogens is 1. The molecule has 0 atom stereocenters. The standard InChI is InChI=1S/C7H7NO/c9-6-4-7-3-1-2-5-8-7/h1-6,9H/b6-4-. The molecule has 2 nitrogen and oxygen atoms in total. The molecule has 2 heteroatoms. The second kappa shape index (κ2) is 2.87. The van der Waals surface area contributed by atoms with E-state index in [2.05, 4.69) is 4.98 Å². The van der Waals surface area contributed by atoms with Crippen LogP contribution in [-0.4, -0.2) is 10.1 Å². The Morgan fingerprint density at radius 3 is 2.89 bits per heavy atom. The highest BCUT2D eigenvalue weighted by Gasteiger charge is 1.80. The van der Waals surface area contributed by atoms with Crippen LogP contribution in [0.15, 0.2) is 30.7 Å². The Morgan fingerprint density at radius 2 is 2.33 bits per heavy atom. The lowest BCUT2D eigenvalue weighted by molar-refractivity contribution is 0.478. The predicted molar refractivity (Wildman–Crippen MR) is 35.9 cm³/mol. The maximum atomic E-state index is 8.30. The van der Waals surface area contributed by atoms with Gasteiger partial charge >= 0.3 is 0 Å². The third kappa shape index (κ3) is 1.57. The van der Waals surface area contributed by atoms with Gasteiger partial charge in [-0.3, -0.25) is 4.98 Å². The molecule has 0 spiro atoms.